The molecule has 2 amide bonds. The molecule has 10 heteroatoms. The minimum atomic E-state index is -0.324. The minimum absolute atomic E-state index is 0.0920. The number of aromatic nitrogens is 4. The van der Waals surface area contributed by atoms with Gasteiger partial charge in [0.05, 0.1) is 28.8 Å². The molecule has 2 aliphatic rings. The van der Waals surface area contributed by atoms with Crippen LogP contribution in [-0.2, 0) is 9.59 Å². The van der Waals surface area contributed by atoms with Gasteiger partial charge in [-0.05, 0) is 93.3 Å². The van der Waals surface area contributed by atoms with Crippen LogP contribution in [-0.4, -0.2) is 90.6 Å². The number of carbonyl (C=O) groups is 2. The third kappa shape index (κ3) is 8.38. The smallest absolute Gasteiger partial charge is 0.245 e. The predicted octanol–water partition coefficient (Wildman–Crippen LogP) is 8.85. The second-order valence-electron chi connectivity index (χ2n) is 15.8. The molecule has 4 heterocycles. The summed E-state index contributed by atoms with van der Waals surface area (Å²) in [6.07, 6.45) is 5.58. The van der Waals surface area contributed by atoms with Crippen LogP contribution in [0.2, 0.25) is 0 Å². The molecular weight excluding hydrogens is 745 g/mol. The van der Waals surface area contributed by atoms with E-state index in [2.05, 4.69) is 95.7 Å². The number of aromatic amines is 2. The fraction of sp³-hybridized carbons (Fsp3) is 0.360. The van der Waals surface area contributed by atoms with Crippen molar-refractivity contribution < 1.29 is 9.59 Å². The predicted molar refractivity (Wildman–Crippen MR) is 238 cm³/mol. The Labute approximate surface area is 354 Å². The fourth-order valence-corrected chi connectivity index (χ4v) is 9.20. The van der Waals surface area contributed by atoms with Crippen LogP contribution in [0.3, 0.4) is 0 Å². The highest BCUT2D eigenvalue weighted by Crippen LogP contribution is 2.37. The Hall–Kier alpha value is -6.02. The summed E-state index contributed by atoms with van der Waals surface area (Å²) in [5.41, 5.74) is 7.45. The Bertz CT molecular complexity index is 2440. The highest BCUT2D eigenvalue weighted by Gasteiger charge is 2.39. The van der Waals surface area contributed by atoms with Gasteiger partial charge in [0, 0.05) is 36.0 Å². The van der Waals surface area contributed by atoms with Crippen molar-refractivity contribution in [2.45, 2.75) is 77.5 Å². The lowest BCUT2D eigenvalue weighted by molar-refractivity contribution is -0.139. The summed E-state index contributed by atoms with van der Waals surface area (Å²) >= 11 is 0. The van der Waals surface area contributed by atoms with Crippen LogP contribution in [0.15, 0.2) is 109 Å². The van der Waals surface area contributed by atoms with Crippen molar-refractivity contribution in [1.29, 1.82) is 0 Å². The Morgan fingerprint density at radius 1 is 0.667 bits per heavy atom. The van der Waals surface area contributed by atoms with Gasteiger partial charge in [-0.2, -0.15) is 0 Å². The van der Waals surface area contributed by atoms with Gasteiger partial charge in [-0.25, -0.2) is 9.97 Å². The third-order valence-electron chi connectivity index (χ3n) is 12.4. The number of likely N-dealkylation sites (N-methyl/N-ethyl adjacent to an activating group) is 2. The third-order valence-corrected chi connectivity index (χ3v) is 12.4. The molecule has 60 heavy (non-hydrogen) atoms. The highest BCUT2D eigenvalue weighted by molar-refractivity contribution is 5.85. The number of carbonyl (C=O) groups excluding carboxylic acids is 2. The van der Waals surface area contributed by atoms with Gasteiger partial charge in [-0.1, -0.05) is 112 Å². The monoisotopic (exact) mass is 800 g/mol. The van der Waals surface area contributed by atoms with Crippen LogP contribution in [0.1, 0.15) is 111 Å². The SMILES string of the molecule is CCN(CC)[C@@H](C(=O)N1CCC[C@H]1c1nc(-c2ccc(C#Cc3ccc4nc([C@@H]5CCCN5C(=O)[C@@H](c5ccccc5)N(CC)CC)[nH]c4c3)cc2)c[nH]1)c1ccccc1. The molecule has 2 aliphatic heterocycles. The minimum Gasteiger partial charge on any atom is -0.346 e. The molecule has 10 nitrogen and oxygen atoms in total. The molecule has 0 radical (unpaired) electrons. The Kier molecular flexibility index (Phi) is 12.6. The van der Waals surface area contributed by atoms with Crippen LogP contribution < -0.4 is 0 Å². The van der Waals surface area contributed by atoms with Gasteiger partial charge in [0.2, 0.25) is 11.8 Å². The molecule has 308 valence electrons. The summed E-state index contributed by atoms with van der Waals surface area (Å²) in [6, 6.07) is 33.6. The number of amides is 2. The molecule has 4 atom stereocenters. The Balaban J connectivity index is 0.949. The van der Waals surface area contributed by atoms with Crippen molar-refractivity contribution in [1.82, 2.24) is 39.5 Å². The molecule has 6 aromatic rings. The summed E-state index contributed by atoms with van der Waals surface area (Å²) in [6.45, 7) is 13.1. The van der Waals surface area contributed by atoms with Gasteiger partial charge in [-0.3, -0.25) is 19.4 Å². The summed E-state index contributed by atoms with van der Waals surface area (Å²) in [5, 5.41) is 0. The Morgan fingerprint density at radius 3 is 1.73 bits per heavy atom. The van der Waals surface area contributed by atoms with E-state index < -0.39 is 0 Å². The second-order valence-corrected chi connectivity index (χ2v) is 15.8. The first-order valence-electron chi connectivity index (χ1n) is 21.8. The highest BCUT2D eigenvalue weighted by atomic mass is 16.2. The Morgan fingerprint density at radius 2 is 1.18 bits per heavy atom. The maximum absolute atomic E-state index is 14.3. The van der Waals surface area contributed by atoms with Gasteiger partial charge in [0.15, 0.2) is 0 Å². The molecule has 2 saturated heterocycles. The summed E-state index contributed by atoms with van der Waals surface area (Å²) in [5.74, 6) is 8.59. The van der Waals surface area contributed by atoms with Gasteiger partial charge in [0.1, 0.15) is 23.7 Å². The molecule has 2 aromatic heterocycles. The molecule has 0 aliphatic carbocycles. The van der Waals surface area contributed by atoms with E-state index >= 15 is 0 Å². The van der Waals surface area contributed by atoms with Crippen molar-refractivity contribution in [2.24, 2.45) is 0 Å². The van der Waals surface area contributed by atoms with Crippen molar-refractivity contribution in [2.75, 3.05) is 39.3 Å². The number of nitrogens with one attached hydrogen (secondary N) is 2. The van der Waals surface area contributed by atoms with E-state index in [9.17, 15) is 9.59 Å². The lowest BCUT2D eigenvalue weighted by atomic mass is 10.0. The van der Waals surface area contributed by atoms with Gasteiger partial charge < -0.3 is 19.8 Å². The van der Waals surface area contributed by atoms with E-state index in [0.717, 1.165) is 121 Å². The van der Waals surface area contributed by atoms with Crippen LogP contribution in [0, 0.1) is 11.8 Å². The number of likely N-dealkylation sites (tertiary alicyclic amines) is 2. The zero-order valence-corrected chi connectivity index (χ0v) is 35.3. The zero-order valence-electron chi connectivity index (χ0n) is 35.3. The van der Waals surface area contributed by atoms with Crippen LogP contribution >= 0.6 is 0 Å². The van der Waals surface area contributed by atoms with Crippen molar-refractivity contribution in [3.05, 3.63) is 143 Å². The van der Waals surface area contributed by atoms with Crippen molar-refractivity contribution in [3.8, 4) is 23.1 Å². The van der Waals surface area contributed by atoms with Crippen molar-refractivity contribution in [3.63, 3.8) is 0 Å². The standard InChI is InChI=1S/C50H56N8O2/c1-5-55(6-2)45(38-17-11-9-12-18-38)49(59)57-31-15-21-43(57)47-51-34-42(54-47)37-28-25-35(26-29-37)23-24-36-27-30-40-41(33-36)53-48(52-40)44-22-16-32-58(44)50(60)46(56(7-3)8-4)39-19-13-10-14-20-39/h9-14,17-20,25-30,33-34,43-46H,5-8,15-16,21-22,31-32H2,1-4H3,(H,51,54)(H,52,53)/t43-,44-,45+,46+/m0/s1. The van der Waals surface area contributed by atoms with E-state index in [1.54, 1.807) is 0 Å². The summed E-state index contributed by atoms with van der Waals surface area (Å²) in [7, 11) is 0. The average molecular weight is 801 g/mol. The number of nitrogens with zero attached hydrogens (tertiary/aromatic N) is 6. The molecule has 4 aromatic carbocycles. The summed E-state index contributed by atoms with van der Waals surface area (Å²) in [4.78, 5) is 54.0. The quantitative estimate of drug-likeness (QED) is 0.113. The summed E-state index contributed by atoms with van der Waals surface area (Å²) < 4.78 is 0. The van der Waals surface area contributed by atoms with Gasteiger partial charge in [0.25, 0.3) is 0 Å². The van der Waals surface area contributed by atoms with E-state index in [1.165, 1.54) is 0 Å². The number of hydrogen-bond acceptors (Lipinski definition) is 6. The second kappa shape index (κ2) is 18.5. The number of rotatable bonds is 13. The number of H-pyrrole nitrogens is 2. The van der Waals surface area contributed by atoms with E-state index in [4.69, 9.17) is 9.97 Å². The van der Waals surface area contributed by atoms with Gasteiger partial charge >= 0.3 is 0 Å². The van der Waals surface area contributed by atoms with E-state index in [-0.39, 0.29) is 36.0 Å². The first kappa shape index (κ1) is 40.7. The lowest BCUT2D eigenvalue weighted by Crippen LogP contribution is -2.43. The molecule has 0 bridgehead atoms. The van der Waals surface area contributed by atoms with Crippen molar-refractivity contribution >= 4 is 22.8 Å². The maximum Gasteiger partial charge on any atom is 0.245 e. The number of fused-ring (bicyclic) bond motifs is 1. The average Bonchev–Trinajstić information content (AvgIpc) is 4.14. The molecule has 0 spiro atoms. The van der Waals surface area contributed by atoms with Crippen LogP contribution in [0.25, 0.3) is 22.3 Å². The molecule has 2 fully saturated rings. The first-order valence-corrected chi connectivity index (χ1v) is 21.8. The first-order chi connectivity index (χ1) is 29.4. The molecular formula is C50H56N8O2. The number of benzene rings is 4. The van der Waals surface area contributed by atoms with E-state index in [0.29, 0.717) is 0 Å². The largest absolute Gasteiger partial charge is 0.346 e. The number of imidazole rings is 2. The zero-order chi connectivity index (χ0) is 41.6. The van der Waals surface area contributed by atoms with E-state index in [1.807, 2.05) is 82.7 Å². The fourth-order valence-electron chi connectivity index (χ4n) is 9.20. The normalized spacial score (nSPS) is 17.6. The molecule has 8 rings (SSSR count). The molecule has 2 N–H and O–H groups in total. The maximum atomic E-state index is 14.3. The van der Waals surface area contributed by atoms with Gasteiger partial charge in [-0.15, -0.1) is 0 Å². The van der Waals surface area contributed by atoms with Crippen LogP contribution in [0.4, 0.5) is 0 Å². The lowest BCUT2D eigenvalue weighted by Gasteiger charge is -2.34. The topological polar surface area (TPSA) is 104 Å². The number of hydrogen-bond donors (Lipinski definition) is 2. The molecule has 0 saturated carbocycles. The van der Waals surface area contributed by atoms with Crippen LogP contribution in [0.5, 0.6) is 0 Å². The molecule has 0 unspecified atom stereocenters.